The highest BCUT2D eigenvalue weighted by molar-refractivity contribution is 7.20. The van der Waals surface area contributed by atoms with Gasteiger partial charge in [-0.2, -0.15) is 5.26 Å². The Morgan fingerprint density at radius 2 is 0.651 bits per heavy atom. The Bertz CT molecular complexity index is 2440. The van der Waals surface area contributed by atoms with E-state index in [2.05, 4.69) is 26.0 Å². The van der Waals surface area contributed by atoms with E-state index in [1.807, 2.05) is 122 Å². The number of aliphatic hydroxyl groups excluding tert-OH is 2. The molecule has 0 fully saturated rings. The van der Waals surface area contributed by atoms with Crippen LogP contribution in [0.3, 0.4) is 0 Å². The number of aryl methyl sites for hydroxylation is 1. The first kappa shape index (κ1) is 98.4. The fraction of sp³-hybridized carbons (Fsp3) is 0.842. The van der Waals surface area contributed by atoms with Crippen LogP contribution in [-0.4, -0.2) is 320 Å². The average Bonchev–Trinajstić information content (AvgIpc) is 1.67. The Morgan fingerprint density at radius 1 is 0.377 bits per heavy atom. The maximum atomic E-state index is 9.76. The molecule has 0 amide bonds. The smallest absolute Gasteiger partial charge is 0.247 e. The molecular formula is C76H135N5O24S. The fourth-order valence-corrected chi connectivity index (χ4v) is 10.0. The van der Waals surface area contributed by atoms with Gasteiger partial charge < -0.3 is 119 Å². The molecule has 30 heteroatoms. The summed E-state index contributed by atoms with van der Waals surface area (Å²) in [6.45, 7) is 52.7. The second-order valence-corrected chi connectivity index (χ2v) is 27.4. The molecule has 14 unspecified atom stereocenters. The standard InChI is InChI=1S/C76H135N5O24S/c1-56-40-72(18-19-74(56)79-80-76-73(41-77)71(16)75(78-17)106-76)81(20-24-90-42-57(2)94-46-61(6)98-50-65(10)102-54-69(14)104-52-67(12)100-48-63(8)96-44-59(4)92-38-36-88-34-32-86-30-28-84-26-22-82)21-25-91-43-58(3)95-47-62(7)99-51-66(11)103-55-70(15)105-53-68(13)101-49-64(9)97-45-60(5)93-39-37-89-35-33-87-31-29-85-27-23-83/h18-19,40,57-70,82-83H,20-39,42-55H2,1-16H3. The van der Waals surface area contributed by atoms with Crippen LogP contribution in [0.2, 0.25) is 0 Å². The Morgan fingerprint density at radius 3 is 0.925 bits per heavy atom. The summed E-state index contributed by atoms with van der Waals surface area (Å²) in [5, 5.41) is 36.9. The number of nitrogens with zero attached hydrogens (tertiary/aromatic N) is 5. The highest BCUT2D eigenvalue weighted by atomic mass is 32.1. The Balaban J connectivity index is 1.70. The van der Waals surface area contributed by atoms with Crippen LogP contribution >= 0.6 is 11.3 Å². The number of ether oxygens (including phenoxy) is 22. The lowest BCUT2D eigenvalue weighted by Crippen LogP contribution is -2.33. The Labute approximate surface area is 638 Å². The van der Waals surface area contributed by atoms with Crippen LogP contribution in [0.5, 0.6) is 0 Å². The first-order valence-electron chi connectivity index (χ1n) is 37.7. The van der Waals surface area contributed by atoms with Gasteiger partial charge in [0.2, 0.25) is 5.00 Å². The molecule has 0 aliphatic carbocycles. The average molecular weight is 1530 g/mol. The van der Waals surface area contributed by atoms with E-state index in [4.69, 9.17) is 121 Å². The van der Waals surface area contributed by atoms with Crippen molar-refractivity contribution < 1.29 is 114 Å². The molecule has 106 heavy (non-hydrogen) atoms. The third-order valence-electron chi connectivity index (χ3n) is 15.4. The maximum absolute atomic E-state index is 9.76. The van der Waals surface area contributed by atoms with Gasteiger partial charge in [0, 0.05) is 18.8 Å². The molecule has 14 atom stereocenters. The SMILES string of the molecule is [C-]#[N+]c1sc(N=Nc2ccc(N(CCOCC(C)OCC(C)OCC(C)OCC(C)OCC(C)OCC(C)OCC(C)OCCOCCOCCOCCO)CCOCC(C)OCC(C)OCC(C)OCC(C)OCC(C)OCC(C)OCC(C)OCCOCCOCCOCCO)cc2C)c(C#N)c1C. The van der Waals surface area contributed by atoms with Gasteiger partial charge in [0.25, 0.3) is 0 Å². The Hall–Kier alpha value is -3.66. The summed E-state index contributed by atoms with van der Waals surface area (Å²) >= 11 is 1.16. The van der Waals surface area contributed by atoms with Crippen LogP contribution in [0.15, 0.2) is 28.4 Å². The monoisotopic (exact) mass is 1530 g/mol. The fourth-order valence-electron chi connectivity index (χ4n) is 9.16. The minimum atomic E-state index is -0.185. The third-order valence-corrected chi connectivity index (χ3v) is 16.5. The van der Waals surface area contributed by atoms with Crippen molar-refractivity contribution in [3.63, 3.8) is 0 Å². The molecule has 0 bridgehead atoms. The number of aliphatic hydroxyl groups is 2. The normalized spacial score (nSPS) is 16.0. The molecule has 1 aromatic carbocycles. The van der Waals surface area contributed by atoms with Gasteiger partial charge in [0.15, 0.2) is 0 Å². The van der Waals surface area contributed by atoms with Crippen molar-refractivity contribution in [2.24, 2.45) is 10.2 Å². The summed E-state index contributed by atoms with van der Waals surface area (Å²) in [4.78, 5) is 5.75. The molecule has 29 nitrogen and oxygen atoms in total. The lowest BCUT2D eigenvalue weighted by atomic mass is 10.1. The van der Waals surface area contributed by atoms with Crippen LogP contribution < -0.4 is 4.90 Å². The molecule has 2 aromatic rings. The van der Waals surface area contributed by atoms with E-state index in [-0.39, 0.29) is 98.7 Å². The van der Waals surface area contributed by atoms with Crippen molar-refractivity contribution in [3.05, 3.63) is 46.3 Å². The van der Waals surface area contributed by atoms with Gasteiger partial charge in [-0.15, -0.1) is 21.6 Å². The third kappa shape index (κ3) is 51.7. The topological polar surface area (TPSA) is 300 Å². The van der Waals surface area contributed by atoms with E-state index in [0.717, 1.165) is 22.6 Å². The van der Waals surface area contributed by atoms with E-state index < -0.39 is 0 Å². The van der Waals surface area contributed by atoms with Gasteiger partial charge in [-0.05, 0) is 140 Å². The molecular weight excluding hydrogens is 1400 g/mol. The van der Waals surface area contributed by atoms with Crippen molar-refractivity contribution in [2.75, 3.05) is 229 Å². The zero-order chi connectivity index (χ0) is 78.0. The zero-order valence-corrected chi connectivity index (χ0v) is 67.7. The zero-order valence-electron chi connectivity index (χ0n) is 66.9. The molecule has 0 aliphatic heterocycles. The van der Waals surface area contributed by atoms with Gasteiger partial charge >= 0.3 is 0 Å². The van der Waals surface area contributed by atoms with Gasteiger partial charge in [-0.3, -0.25) is 0 Å². The summed E-state index contributed by atoms with van der Waals surface area (Å²) in [5.74, 6) is 0. The molecule has 2 rings (SSSR count). The van der Waals surface area contributed by atoms with E-state index in [9.17, 15) is 5.26 Å². The number of azo groups is 1. The minimum absolute atomic E-state index is 0.00401. The largest absolute Gasteiger partial charge is 0.394 e. The maximum Gasteiger partial charge on any atom is 0.247 e. The molecule has 0 saturated heterocycles. The predicted molar refractivity (Wildman–Crippen MR) is 404 cm³/mol. The minimum Gasteiger partial charge on any atom is -0.394 e. The second-order valence-electron chi connectivity index (χ2n) is 26.5. The molecule has 2 N–H and O–H groups in total. The molecule has 614 valence electrons. The van der Waals surface area contributed by atoms with Gasteiger partial charge in [0.1, 0.15) is 11.1 Å². The molecule has 0 spiro atoms. The van der Waals surface area contributed by atoms with Gasteiger partial charge in [-0.1, -0.05) is 0 Å². The van der Waals surface area contributed by atoms with Crippen LogP contribution in [0, 0.1) is 31.8 Å². The van der Waals surface area contributed by atoms with Gasteiger partial charge in [-0.25, -0.2) is 4.85 Å². The van der Waals surface area contributed by atoms with Crippen LogP contribution in [-0.2, 0) is 104 Å². The molecule has 1 aromatic heterocycles. The van der Waals surface area contributed by atoms with Crippen molar-refractivity contribution in [1.29, 1.82) is 5.26 Å². The first-order chi connectivity index (χ1) is 51.1. The van der Waals surface area contributed by atoms with Crippen molar-refractivity contribution in [2.45, 2.75) is 196 Å². The van der Waals surface area contributed by atoms with Crippen LogP contribution in [0.1, 0.15) is 114 Å². The van der Waals surface area contributed by atoms with Crippen LogP contribution in [0.4, 0.5) is 21.4 Å². The molecule has 0 saturated carbocycles. The summed E-state index contributed by atoms with van der Waals surface area (Å²) in [6, 6.07) is 8.10. The first-order valence-corrected chi connectivity index (χ1v) is 38.5. The predicted octanol–water partition coefficient (Wildman–Crippen LogP) is 9.80. The van der Waals surface area contributed by atoms with Crippen LogP contribution in [0.25, 0.3) is 4.85 Å². The molecule has 0 aliphatic rings. The lowest BCUT2D eigenvalue weighted by Gasteiger charge is -2.26. The van der Waals surface area contributed by atoms with Crippen molar-refractivity contribution >= 4 is 32.7 Å². The summed E-state index contributed by atoms with van der Waals surface area (Å²) < 4.78 is 129. The van der Waals surface area contributed by atoms with Gasteiger partial charge in [0.05, 0.1) is 315 Å². The van der Waals surface area contributed by atoms with E-state index in [1.165, 1.54) is 0 Å². The molecule has 1 heterocycles. The number of benzene rings is 1. The van der Waals surface area contributed by atoms with E-state index in [0.29, 0.717) is 238 Å². The second kappa shape index (κ2) is 63.9. The summed E-state index contributed by atoms with van der Waals surface area (Å²) in [7, 11) is 0. The Kier molecular flexibility index (Phi) is 59.3. The quantitative estimate of drug-likeness (QED) is 0.0353. The highest BCUT2D eigenvalue weighted by Crippen LogP contribution is 2.41. The lowest BCUT2D eigenvalue weighted by molar-refractivity contribution is -0.108. The van der Waals surface area contributed by atoms with E-state index in [1.54, 1.807) is 6.92 Å². The number of nitriles is 1. The number of hydrogen-bond acceptors (Lipinski definition) is 29. The number of thiophene rings is 1. The van der Waals surface area contributed by atoms with E-state index >= 15 is 0 Å². The molecule has 0 radical (unpaired) electrons. The number of rotatable bonds is 73. The van der Waals surface area contributed by atoms with Crippen molar-refractivity contribution in [3.8, 4) is 6.07 Å². The summed E-state index contributed by atoms with van der Waals surface area (Å²) in [6.07, 6.45) is -2.00. The highest BCUT2D eigenvalue weighted by Gasteiger charge is 2.20. The number of anilines is 1. The van der Waals surface area contributed by atoms with Crippen molar-refractivity contribution in [1.82, 2.24) is 0 Å². The summed E-state index contributed by atoms with van der Waals surface area (Å²) in [5.41, 5.74) is 3.45. The number of hydrogen-bond donors (Lipinski definition) is 2.